The molecule has 0 amide bonds. The van der Waals surface area contributed by atoms with E-state index in [0.29, 0.717) is 11.1 Å². The summed E-state index contributed by atoms with van der Waals surface area (Å²) in [5, 5.41) is 13.7. The number of nitrogens with zero attached hydrogens (tertiary/aromatic N) is 2. The maximum Gasteiger partial charge on any atom is 0.229 e. The van der Waals surface area contributed by atoms with Gasteiger partial charge in [0.05, 0.1) is 11.9 Å². The lowest BCUT2D eigenvalue weighted by atomic mass is 9.82. The summed E-state index contributed by atoms with van der Waals surface area (Å²) in [5.74, 6) is 2.55. The summed E-state index contributed by atoms with van der Waals surface area (Å²) in [6.07, 6.45) is 1.35. The van der Waals surface area contributed by atoms with Gasteiger partial charge in [-0.05, 0) is 18.1 Å². The number of aliphatic hydroxyl groups is 1. The molecule has 0 radical (unpaired) electrons. The van der Waals surface area contributed by atoms with Crippen LogP contribution in [0.3, 0.4) is 0 Å². The van der Waals surface area contributed by atoms with E-state index < -0.39 is 0 Å². The van der Waals surface area contributed by atoms with Gasteiger partial charge in [-0.3, -0.25) is 0 Å². The molecule has 2 rings (SSSR count). The number of rotatable bonds is 4. The summed E-state index contributed by atoms with van der Waals surface area (Å²) in [4.78, 5) is 4.33. The van der Waals surface area contributed by atoms with E-state index in [-0.39, 0.29) is 12.0 Å². The van der Waals surface area contributed by atoms with Crippen LogP contribution in [-0.4, -0.2) is 26.6 Å². The fourth-order valence-corrected chi connectivity index (χ4v) is 2.12. The molecule has 0 aliphatic heterocycles. The summed E-state index contributed by atoms with van der Waals surface area (Å²) in [6.45, 7) is 4.29. The average Bonchev–Trinajstić information content (AvgIpc) is 2.57. The maximum absolute atomic E-state index is 9.17. The zero-order valence-corrected chi connectivity index (χ0v) is 9.83. The highest BCUT2D eigenvalue weighted by atomic mass is 32.2. The van der Waals surface area contributed by atoms with E-state index in [1.54, 1.807) is 11.8 Å². The number of hydrogen-bond acceptors (Lipinski definition) is 5. The largest absolute Gasteiger partial charge is 0.393 e. The standard InChI is InChI=1S/C10H16N2O2S/c1-6(2)15-5-9-11-10(14-12-9)7-3-8(13)4-7/h6-8,13H,3-5H2,1-2H3. The summed E-state index contributed by atoms with van der Waals surface area (Å²) < 4.78 is 5.16. The number of thioether (sulfide) groups is 1. The van der Waals surface area contributed by atoms with Gasteiger partial charge in [-0.1, -0.05) is 19.0 Å². The second-order valence-electron chi connectivity index (χ2n) is 4.23. The number of aliphatic hydroxyl groups excluding tert-OH is 1. The summed E-state index contributed by atoms with van der Waals surface area (Å²) in [7, 11) is 0. The smallest absolute Gasteiger partial charge is 0.229 e. The van der Waals surface area contributed by atoms with Gasteiger partial charge in [0.2, 0.25) is 5.89 Å². The minimum atomic E-state index is -0.171. The highest BCUT2D eigenvalue weighted by Crippen LogP contribution is 2.35. The molecule has 1 N–H and O–H groups in total. The minimum absolute atomic E-state index is 0.171. The zero-order valence-electron chi connectivity index (χ0n) is 9.01. The maximum atomic E-state index is 9.17. The predicted octanol–water partition coefficient (Wildman–Crippen LogP) is 1.95. The van der Waals surface area contributed by atoms with Crippen LogP contribution in [0.1, 0.15) is 44.3 Å². The third-order valence-electron chi connectivity index (χ3n) is 2.49. The first-order chi connectivity index (χ1) is 7.15. The molecule has 4 nitrogen and oxygen atoms in total. The SMILES string of the molecule is CC(C)SCc1noc(C2CC(O)C2)n1. The van der Waals surface area contributed by atoms with Crippen molar-refractivity contribution in [2.45, 2.75) is 49.7 Å². The van der Waals surface area contributed by atoms with Gasteiger partial charge in [0.1, 0.15) is 0 Å². The van der Waals surface area contributed by atoms with E-state index in [4.69, 9.17) is 9.63 Å². The van der Waals surface area contributed by atoms with Crippen molar-refractivity contribution in [2.24, 2.45) is 0 Å². The Morgan fingerprint density at radius 3 is 2.87 bits per heavy atom. The molecule has 0 bridgehead atoms. The first-order valence-electron chi connectivity index (χ1n) is 5.27. The third-order valence-corrected chi connectivity index (χ3v) is 3.58. The lowest BCUT2D eigenvalue weighted by Crippen LogP contribution is -2.26. The van der Waals surface area contributed by atoms with Gasteiger partial charge in [0.25, 0.3) is 0 Å². The molecular weight excluding hydrogens is 212 g/mol. The van der Waals surface area contributed by atoms with Crippen LogP contribution in [0.2, 0.25) is 0 Å². The number of aromatic nitrogens is 2. The van der Waals surface area contributed by atoms with Crippen LogP contribution in [0.4, 0.5) is 0 Å². The minimum Gasteiger partial charge on any atom is -0.393 e. The molecule has 1 saturated carbocycles. The van der Waals surface area contributed by atoms with Crippen molar-refractivity contribution in [3.05, 3.63) is 11.7 Å². The fraction of sp³-hybridized carbons (Fsp3) is 0.800. The van der Waals surface area contributed by atoms with Crippen LogP contribution >= 0.6 is 11.8 Å². The van der Waals surface area contributed by atoms with E-state index >= 15 is 0 Å². The van der Waals surface area contributed by atoms with Gasteiger partial charge >= 0.3 is 0 Å². The Morgan fingerprint density at radius 2 is 2.27 bits per heavy atom. The molecule has 0 atom stereocenters. The van der Waals surface area contributed by atoms with Gasteiger partial charge in [-0.25, -0.2) is 0 Å². The van der Waals surface area contributed by atoms with Gasteiger partial charge in [-0.2, -0.15) is 16.7 Å². The normalized spacial score (nSPS) is 25.6. The van der Waals surface area contributed by atoms with Crippen LogP contribution in [-0.2, 0) is 5.75 Å². The van der Waals surface area contributed by atoms with E-state index in [0.717, 1.165) is 24.4 Å². The van der Waals surface area contributed by atoms with E-state index in [2.05, 4.69) is 24.0 Å². The lowest BCUT2D eigenvalue weighted by Gasteiger charge is -2.27. The third kappa shape index (κ3) is 2.72. The fourth-order valence-electron chi connectivity index (χ4n) is 1.52. The average molecular weight is 228 g/mol. The molecule has 84 valence electrons. The molecule has 15 heavy (non-hydrogen) atoms. The first-order valence-corrected chi connectivity index (χ1v) is 6.32. The first kappa shape index (κ1) is 11.0. The molecule has 1 aromatic heterocycles. The van der Waals surface area contributed by atoms with Gasteiger partial charge in [0, 0.05) is 5.92 Å². The van der Waals surface area contributed by atoms with E-state index in [1.807, 2.05) is 0 Å². The lowest BCUT2D eigenvalue weighted by molar-refractivity contribution is 0.0625. The van der Waals surface area contributed by atoms with Crippen LogP contribution in [0.25, 0.3) is 0 Å². The van der Waals surface area contributed by atoms with Crippen molar-refractivity contribution < 1.29 is 9.63 Å². The summed E-state index contributed by atoms with van der Waals surface area (Å²) in [6, 6.07) is 0. The molecule has 1 aromatic rings. The summed E-state index contributed by atoms with van der Waals surface area (Å²) in [5.41, 5.74) is 0. The molecule has 0 saturated heterocycles. The predicted molar refractivity (Wildman–Crippen MR) is 58.7 cm³/mol. The van der Waals surface area contributed by atoms with Crippen LogP contribution in [0, 0.1) is 0 Å². The highest BCUT2D eigenvalue weighted by molar-refractivity contribution is 7.99. The number of hydrogen-bond donors (Lipinski definition) is 1. The Balaban J connectivity index is 1.87. The highest BCUT2D eigenvalue weighted by Gasteiger charge is 2.32. The molecular formula is C10H16N2O2S. The van der Waals surface area contributed by atoms with Crippen molar-refractivity contribution in [1.29, 1.82) is 0 Å². The second kappa shape index (κ2) is 4.53. The quantitative estimate of drug-likeness (QED) is 0.853. The topological polar surface area (TPSA) is 59.2 Å². The van der Waals surface area contributed by atoms with Crippen molar-refractivity contribution in [3.63, 3.8) is 0 Å². The van der Waals surface area contributed by atoms with Gasteiger partial charge in [-0.15, -0.1) is 0 Å². The van der Waals surface area contributed by atoms with Crippen molar-refractivity contribution in [2.75, 3.05) is 0 Å². The van der Waals surface area contributed by atoms with Crippen LogP contribution < -0.4 is 0 Å². The Kier molecular flexibility index (Phi) is 3.31. The Morgan fingerprint density at radius 1 is 1.53 bits per heavy atom. The molecule has 1 heterocycles. The summed E-state index contributed by atoms with van der Waals surface area (Å²) >= 11 is 1.80. The molecule has 1 aliphatic carbocycles. The van der Waals surface area contributed by atoms with E-state index in [9.17, 15) is 0 Å². The molecule has 1 aliphatic rings. The molecule has 1 fully saturated rings. The van der Waals surface area contributed by atoms with Gasteiger partial charge in [0.15, 0.2) is 5.82 Å². The Bertz CT molecular complexity index is 321. The zero-order chi connectivity index (χ0) is 10.8. The molecule has 0 unspecified atom stereocenters. The van der Waals surface area contributed by atoms with Gasteiger partial charge < -0.3 is 9.63 Å². The molecule has 0 aromatic carbocycles. The molecule has 0 spiro atoms. The van der Waals surface area contributed by atoms with Crippen LogP contribution in [0.15, 0.2) is 4.52 Å². The van der Waals surface area contributed by atoms with Crippen molar-refractivity contribution in [1.82, 2.24) is 10.1 Å². The monoisotopic (exact) mass is 228 g/mol. The van der Waals surface area contributed by atoms with Crippen molar-refractivity contribution in [3.8, 4) is 0 Å². The van der Waals surface area contributed by atoms with Crippen molar-refractivity contribution >= 4 is 11.8 Å². The second-order valence-corrected chi connectivity index (χ2v) is 5.80. The van der Waals surface area contributed by atoms with Crippen LogP contribution in [0.5, 0.6) is 0 Å². The van der Waals surface area contributed by atoms with E-state index in [1.165, 1.54) is 0 Å². The Hall–Kier alpha value is -0.550. The Labute approximate surface area is 93.4 Å². The molecule has 5 heteroatoms.